The van der Waals surface area contributed by atoms with E-state index < -0.39 is 18.1 Å². The van der Waals surface area contributed by atoms with Crippen LogP contribution >= 0.6 is 22.6 Å². The zero-order valence-corrected chi connectivity index (χ0v) is 9.66. The highest BCUT2D eigenvalue weighted by molar-refractivity contribution is 14.1. The van der Waals surface area contributed by atoms with Gasteiger partial charge in [0.05, 0.1) is 7.11 Å². The van der Waals surface area contributed by atoms with Gasteiger partial charge in [0.15, 0.2) is 0 Å². The smallest absolute Gasteiger partial charge is 0.342 e. The first kappa shape index (κ1) is 12.1. The van der Waals surface area contributed by atoms with E-state index in [9.17, 15) is 13.6 Å². The Labute approximate surface area is 97.4 Å². The summed E-state index contributed by atoms with van der Waals surface area (Å²) in [6, 6.07) is 0.927. The fraction of sp³-hybridized carbons (Fsp3) is 0.250. The number of carboxylic acid groups (broad SMARTS) is 1. The predicted molar refractivity (Wildman–Crippen MR) is 55.4 cm³/mol. The normalized spacial score (nSPS) is 10.5. The zero-order valence-electron chi connectivity index (χ0n) is 7.50. The Balaban J connectivity index is 3.37. The summed E-state index contributed by atoms with van der Waals surface area (Å²) < 4.78 is 29.4. The molecule has 0 atom stereocenters. The Morgan fingerprint density at radius 3 is 2.67 bits per heavy atom. The Bertz CT molecular complexity index is 398. The molecule has 1 N–H and O–H groups in total. The van der Waals surface area contributed by atoms with Crippen LogP contribution in [0, 0.1) is 3.70 Å². The molecule has 7 heteroatoms. The number of rotatable bonds is 3. The maximum Gasteiger partial charge on any atom is 0.342 e. The van der Waals surface area contributed by atoms with Gasteiger partial charge in [-0.3, -0.25) is 0 Å². The van der Waals surface area contributed by atoms with E-state index in [1.807, 2.05) is 0 Å². The SMILES string of the molecule is COc1cc(C(F)F)nc(I)c1C(=O)O. The van der Waals surface area contributed by atoms with Gasteiger partial charge in [0.1, 0.15) is 20.7 Å². The molecule has 1 heterocycles. The third-order valence-corrected chi connectivity index (χ3v) is 2.40. The lowest BCUT2D eigenvalue weighted by atomic mass is 10.2. The molecule has 1 aromatic rings. The molecule has 0 aromatic carbocycles. The Morgan fingerprint density at radius 2 is 2.27 bits per heavy atom. The van der Waals surface area contributed by atoms with Gasteiger partial charge in [-0.2, -0.15) is 0 Å². The molecule has 1 rings (SSSR count). The second kappa shape index (κ2) is 4.69. The summed E-state index contributed by atoms with van der Waals surface area (Å²) in [7, 11) is 1.22. The maximum absolute atomic E-state index is 12.3. The fourth-order valence-corrected chi connectivity index (χ4v) is 1.75. The number of aromatic nitrogens is 1. The van der Waals surface area contributed by atoms with Crippen LogP contribution in [0.5, 0.6) is 5.75 Å². The van der Waals surface area contributed by atoms with Crippen LogP contribution < -0.4 is 4.74 Å². The standard InChI is InChI=1S/C8H6F2INO3/c1-15-4-2-3(6(9)10)12-7(11)5(4)8(13)14/h2,6H,1H3,(H,13,14). The first-order valence-corrected chi connectivity index (χ1v) is 4.81. The van der Waals surface area contributed by atoms with Crippen LogP contribution in [-0.4, -0.2) is 23.2 Å². The van der Waals surface area contributed by atoms with E-state index in [0.717, 1.165) is 6.07 Å². The molecule has 0 saturated heterocycles. The Morgan fingerprint density at radius 1 is 1.67 bits per heavy atom. The molecule has 1 aromatic heterocycles. The highest BCUT2D eigenvalue weighted by Gasteiger charge is 2.21. The second-order valence-electron chi connectivity index (χ2n) is 2.52. The van der Waals surface area contributed by atoms with Crippen molar-refractivity contribution >= 4 is 28.6 Å². The van der Waals surface area contributed by atoms with E-state index >= 15 is 0 Å². The van der Waals surface area contributed by atoms with Crippen molar-refractivity contribution in [1.29, 1.82) is 0 Å². The van der Waals surface area contributed by atoms with E-state index in [-0.39, 0.29) is 15.0 Å². The molecule has 0 bridgehead atoms. The fourth-order valence-electron chi connectivity index (χ4n) is 0.976. The van der Waals surface area contributed by atoms with Gasteiger partial charge in [0.2, 0.25) is 0 Å². The monoisotopic (exact) mass is 329 g/mol. The summed E-state index contributed by atoms with van der Waals surface area (Å²) in [6.45, 7) is 0. The summed E-state index contributed by atoms with van der Waals surface area (Å²) in [4.78, 5) is 14.2. The summed E-state index contributed by atoms with van der Waals surface area (Å²) in [5.41, 5.74) is -0.705. The van der Waals surface area contributed by atoms with Crippen molar-refractivity contribution < 1.29 is 23.4 Å². The number of ether oxygens (including phenoxy) is 1. The molecule has 0 amide bonds. The maximum atomic E-state index is 12.3. The van der Waals surface area contributed by atoms with Gasteiger partial charge in [0, 0.05) is 6.07 Å². The van der Waals surface area contributed by atoms with E-state index in [1.54, 1.807) is 22.6 Å². The molecule has 0 fully saturated rings. The summed E-state index contributed by atoms with van der Waals surface area (Å²) in [5, 5.41) is 8.79. The van der Waals surface area contributed by atoms with Crippen LogP contribution in [0.1, 0.15) is 22.5 Å². The van der Waals surface area contributed by atoms with Crippen molar-refractivity contribution in [3.05, 3.63) is 21.0 Å². The molecule has 0 saturated carbocycles. The van der Waals surface area contributed by atoms with E-state index in [2.05, 4.69) is 4.98 Å². The van der Waals surface area contributed by atoms with Gasteiger partial charge < -0.3 is 9.84 Å². The molecule has 0 radical (unpaired) electrons. The molecule has 82 valence electrons. The van der Waals surface area contributed by atoms with E-state index in [4.69, 9.17) is 9.84 Å². The second-order valence-corrected chi connectivity index (χ2v) is 3.54. The van der Waals surface area contributed by atoms with Crippen LogP contribution in [0.25, 0.3) is 0 Å². The first-order valence-electron chi connectivity index (χ1n) is 3.73. The van der Waals surface area contributed by atoms with Gasteiger partial charge in [-0.25, -0.2) is 18.6 Å². The van der Waals surface area contributed by atoms with Gasteiger partial charge in [-0.1, -0.05) is 0 Å². The number of alkyl halides is 2. The largest absolute Gasteiger partial charge is 0.496 e. The molecular formula is C8H6F2INO3. The lowest BCUT2D eigenvalue weighted by Crippen LogP contribution is -2.07. The Hall–Kier alpha value is -0.990. The minimum Gasteiger partial charge on any atom is -0.496 e. The number of carboxylic acids is 1. The van der Waals surface area contributed by atoms with E-state index in [0.29, 0.717) is 0 Å². The number of carbonyl (C=O) groups is 1. The van der Waals surface area contributed by atoms with Crippen LogP contribution in [-0.2, 0) is 0 Å². The predicted octanol–water partition coefficient (Wildman–Crippen LogP) is 2.33. The van der Waals surface area contributed by atoms with Crippen molar-refractivity contribution in [2.75, 3.05) is 7.11 Å². The third kappa shape index (κ3) is 2.52. The molecule has 4 nitrogen and oxygen atoms in total. The van der Waals surface area contributed by atoms with Crippen molar-refractivity contribution in [3.63, 3.8) is 0 Å². The minimum absolute atomic E-state index is 0.0187. The lowest BCUT2D eigenvalue weighted by Gasteiger charge is -2.08. The van der Waals surface area contributed by atoms with Crippen molar-refractivity contribution in [1.82, 2.24) is 4.98 Å². The average Bonchev–Trinajstić information content (AvgIpc) is 2.15. The molecular weight excluding hydrogens is 323 g/mol. The number of pyridine rings is 1. The Kier molecular flexibility index (Phi) is 3.77. The highest BCUT2D eigenvalue weighted by Crippen LogP contribution is 2.28. The van der Waals surface area contributed by atoms with Gasteiger partial charge in [-0.05, 0) is 22.6 Å². The number of halogens is 3. The first-order chi connectivity index (χ1) is 6.97. The van der Waals surface area contributed by atoms with Crippen molar-refractivity contribution in [2.24, 2.45) is 0 Å². The third-order valence-electron chi connectivity index (χ3n) is 1.62. The number of hydrogen-bond donors (Lipinski definition) is 1. The van der Waals surface area contributed by atoms with Gasteiger partial charge in [0.25, 0.3) is 6.43 Å². The van der Waals surface area contributed by atoms with Crippen LogP contribution in [0.2, 0.25) is 0 Å². The highest BCUT2D eigenvalue weighted by atomic mass is 127. The number of aromatic carboxylic acids is 1. The molecule has 0 aliphatic heterocycles. The van der Waals surface area contributed by atoms with Crippen LogP contribution in [0.4, 0.5) is 8.78 Å². The van der Waals surface area contributed by atoms with Crippen LogP contribution in [0.3, 0.4) is 0 Å². The summed E-state index contributed by atoms with van der Waals surface area (Å²) in [5.74, 6) is -1.37. The van der Waals surface area contributed by atoms with Gasteiger partial charge >= 0.3 is 5.97 Å². The molecule has 0 aliphatic carbocycles. The zero-order chi connectivity index (χ0) is 11.6. The molecule has 0 spiro atoms. The van der Waals surface area contributed by atoms with Crippen LogP contribution in [0.15, 0.2) is 6.07 Å². The van der Waals surface area contributed by atoms with Gasteiger partial charge in [-0.15, -0.1) is 0 Å². The average molecular weight is 329 g/mol. The number of nitrogens with zero attached hydrogens (tertiary/aromatic N) is 1. The lowest BCUT2D eigenvalue weighted by molar-refractivity contribution is 0.0690. The summed E-state index contributed by atoms with van der Waals surface area (Å²) >= 11 is 1.58. The molecule has 15 heavy (non-hydrogen) atoms. The molecule has 0 aliphatic rings. The number of hydrogen-bond acceptors (Lipinski definition) is 3. The van der Waals surface area contributed by atoms with E-state index in [1.165, 1.54) is 7.11 Å². The quantitative estimate of drug-likeness (QED) is 0.683. The molecule has 0 unspecified atom stereocenters. The minimum atomic E-state index is -2.75. The number of methoxy groups -OCH3 is 1. The van der Waals surface area contributed by atoms with Crippen molar-refractivity contribution in [3.8, 4) is 5.75 Å². The summed E-state index contributed by atoms with van der Waals surface area (Å²) in [6.07, 6.45) is -2.75. The van der Waals surface area contributed by atoms with Crippen molar-refractivity contribution in [2.45, 2.75) is 6.43 Å². The topological polar surface area (TPSA) is 59.4 Å².